The molecule has 0 bridgehead atoms. The number of carbonyl (C=O) groups excluding carboxylic acids is 1. The first kappa shape index (κ1) is 22.3. The van der Waals surface area contributed by atoms with Crippen molar-refractivity contribution in [2.75, 3.05) is 5.32 Å². The number of amides is 1. The molecular weight excluding hydrogens is 425 g/mol. The van der Waals surface area contributed by atoms with Gasteiger partial charge < -0.3 is 9.88 Å². The summed E-state index contributed by atoms with van der Waals surface area (Å²) in [7, 11) is 1.97. The van der Waals surface area contributed by atoms with Gasteiger partial charge in [-0.15, -0.1) is 23.7 Å². The van der Waals surface area contributed by atoms with Crippen molar-refractivity contribution >= 4 is 58.5 Å². The number of aromatic nitrogens is 1. The Kier molecular flexibility index (Phi) is 8.22. The van der Waals surface area contributed by atoms with Crippen molar-refractivity contribution in [1.29, 1.82) is 0 Å². The molecule has 0 unspecified atom stereocenters. The Morgan fingerprint density at radius 3 is 2.67 bits per heavy atom. The molecule has 8 heteroatoms. The van der Waals surface area contributed by atoms with Crippen LogP contribution in [0.15, 0.2) is 22.5 Å². The van der Waals surface area contributed by atoms with E-state index in [-0.39, 0.29) is 24.7 Å². The largest absolute Gasteiger partial charge is 0.324 e. The average molecular weight is 449 g/mol. The summed E-state index contributed by atoms with van der Waals surface area (Å²) in [6, 6.07) is 3.86. The highest BCUT2D eigenvalue weighted by Crippen LogP contribution is 2.29. The zero-order valence-corrected chi connectivity index (χ0v) is 18.6. The van der Waals surface area contributed by atoms with Gasteiger partial charge in [-0.2, -0.15) is 0 Å². The average Bonchev–Trinajstić information content (AvgIpc) is 2.94. The van der Waals surface area contributed by atoms with E-state index in [0.29, 0.717) is 21.8 Å². The fourth-order valence-electron chi connectivity index (χ4n) is 3.15. The van der Waals surface area contributed by atoms with Crippen molar-refractivity contribution in [3.63, 3.8) is 0 Å². The molecule has 4 nitrogen and oxygen atoms in total. The normalized spacial score (nSPS) is 15.5. The third-order valence-electron chi connectivity index (χ3n) is 4.75. The van der Waals surface area contributed by atoms with Gasteiger partial charge in [0.15, 0.2) is 4.80 Å². The van der Waals surface area contributed by atoms with Crippen LogP contribution in [0.4, 0.5) is 5.69 Å². The summed E-state index contributed by atoms with van der Waals surface area (Å²) in [5.74, 6) is -0.121. The first-order valence-corrected chi connectivity index (χ1v) is 10.5. The van der Waals surface area contributed by atoms with Crippen LogP contribution in [-0.4, -0.2) is 16.5 Å². The molecule has 0 atom stereocenters. The molecule has 27 heavy (non-hydrogen) atoms. The zero-order valence-electron chi connectivity index (χ0n) is 15.4. The van der Waals surface area contributed by atoms with Gasteiger partial charge in [-0.05, 0) is 37.5 Å². The summed E-state index contributed by atoms with van der Waals surface area (Å²) in [6.45, 7) is 1.88. The predicted molar refractivity (Wildman–Crippen MR) is 117 cm³/mol. The number of rotatable bonds is 4. The van der Waals surface area contributed by atoms with Gasteiger partial charge in [0.05, 0.1) is 23.2 Å². The minimum atomic E-state index is -0.121. The summed E-state index contributed by atoms with van der Waals surface area (Å²) < 4.78 is 2.02. The molecule has 1 aliphatic rings. The monoisotopic (exact) mass is 447 g/mol. The standard InChI is InChI=1S/C19H23Cl2N3OS.ClH/c1-12-8-16(21)17(10-15(12)20)23-18(25)9-14-11-26-19(24(14)2)22-13-6-4-3-5-7-13;/h8,10-11,13H,3-7,9H2,1-2H3,(H,23,25);1H. The molecule has 0 aliphatic heterocycles. The lowest BCUT2D eigenvalue weighted by molar-refractivity contribution is -0.115. The first-order valence-electron chi connectivity index (χ1n) is 8.87. The Balaban J connectivity index is 0.00000261. The van der Waals surface area contributed by atoms with Crippen LogP contribution in [0.25, 0.3) is 0 Å². The maximum absolute atomic E-state index is 12.4. The van der Waals surface area contributed by atoms with Crippen LogP contribution >= 0.6 is 46.9 Å². The van der Waals surface area contributed by atoms with Gasteiger partial charge in [-0.25, -0.2) is 0 Å². The second kappa shape index (κ2) is 9.97. The van der Waals surface area contributed by atoms with E-state index >= 15 is 0 Å². The van der Waals surface area contributed by atoms with E-state index in [1.807, 2.05) is 23.9 Å². The van der Waals surface area contributed by atoms with Gasteiger partial charge in [0.2, 0.25) is 5.91 Å². The number of thiazole rings is 1. The fraction of sp³-hybridized carbons (Fsp3) is 0.474. The maximum Gasteiger partial charge on any atom is 0.230 e. The molecule has 1 aromatic heterocycles. The van der Waals surface area contributed by atoms with Gasteiger partial charge in [0.1, 0.15) is 0 Å². The lowest BCUT2D eigenvalue weighted by atomic mass is 9.96. The highest BCUT2D eigenvalue weighted by molar-refractivity contribution is 7.07. The Bertz CT molecular complexity index is 870. The molecule has 1 heterocycles. The summed E-state index contributed by atoms with van der Waals surface area (Å²) in [4.78, 5) is 18.3. The molecular formula is C19H24Cl3N3OS. The van der Waals surface area contributed by atoms with Crippen LogP contribution in [-0.2, 0) is 18.3 Å². The minimum Gasteiger partial charge on any atom is -0.324 e. The summed E-state index contributed by atoms with van der Waals surface area (Å²) in [5.41, 5.74) is 2.36. The van der Waals surface area contributed by atoms with Crippen molar-refractivity contribution in [2.45, 2.75) is 51.5 Å². The number of benzene rings is 1. The predicted octanol–water partition coefficient (Wildman–Crippen LogP) is 5.54. The number of halogens is 3. The Morgan fingerprint density at radius 2 is 1.96 bits per heavy atom. The second-order valence-corrected chi connectivity index (χ2v) is 8.45. The number of aryl methyl sites for hydroxylation is 1. The van der Waals surface area contributed by atoms with Gasteiger partial charge in [0.25, 0.3) is 0 Å². The Labute approximate surface area is 180 Å². The minimum absolute atomic E-state index is 0. The van der Waals surface area contributed by atoms with Gasteiger partial charge >= 0.3 is 0 Å². The van der Waals surface area contributed by atoms with E-state index in [9.17, 15) is 4.79 Å². The smallest absolute Gasteiger partial charge is 0.230 e. The lowest BCUT2D eigenvalue weighted by Gasteiger charge is -2.16. The molecule has 1 fully saturated rings. The van der Waals surface area contributed by atoms with E-state index in [1.54, 1.807) is 23.5 Å². The number of hydrogen-bond donors (Lipinski definition) is 1. The topological polar surface area (TPSA) is 46.4 Å². The first-order chi connectivity index (χ1) is 12.4. The summed E-state index contributed by atoms with van der Waals surface area (Å²) >= 11 is 13.9. The SMILES string of the molecule is Cc1cc(Cl)c(NC(=O)Cc2csc(=NC3CCCCC3)n2C)cc1Cl.Cl. The van der Waals surface area contributed by atoms with Crippen LogP contribution in [0, 0.1) is 6.92 Å². The number of carbonyl (C=O) groups is 1. The molecule has 0 spiro atoms. The fourth-order valence-corrected chi connectivity index (χ4v) is 4.54. The molecule has 1 aromatic carbocycles. The molecule has 1 saturated carbocycles. The van der Waals surface area contributed by atoms with Crippen molar-refractivity contribution in [3.05, 3.63) is 43.6 Å². The maximum atomic E-state index is 12.4. The van der Waals surface area contributed by atoms with Gasteiger partial charge in [-0.1, -0.05) is 42.5 Å². The van der Waals surface area contributed by atoms with Gasteiger partial charge in [0, 0.05) is 23.1 Å². The quantitative estimate of drug-likeness (QED) is 0.656. The van der Waals surface area contributed by atoms with Crippen molar-refractivity contribution in [3.8, 4) is 0 Å². The van der Waals surface area contributed by atoms with Crippen LogP contribution in [0.1, 0.15) is 43.4 Å². The van der Waals surface area contributed by atoms with Crippen molar-refractivity contribution in [2.24, 2.45) is 12.0 Å². The molecule has 3 rings (SSSR count). The molecule has 0 radical (unpaired) electrons. The Morgan fingerprint density at radius 1 is 1.26 bits per heavy atom. The number of hydrogen-bond acceptors (Lipinski definition) is 3. The Hall–Kier alpha value is -1.01. The number of nitrogens with one attached hydrogen (secondary N) is 1. The highest BCUT2D eigenvalue weighted by Gasteiger charge is 2.14. The van der Waals surface area contributed by atoms with E-state index < -0.39 is 0 Å². The molecule has 1 amide bonds. The summed E-state index contributed by atoms with van der Waals surface area (Å²) in [6.07, 6.45) is 6.45. The highest BCUT2D eigenvalue weighted by atomic mass is 35.5. The lowest BCUT2D eigenvalue weighted by Crippen LogP contribution is -2.22. The molecule has 148 valence electrons. The van der Waals surface area contributed by atoms with E-state index in [2.05, 4.69) is 5.32 Å². The number of nitrogens with zero attached hydrogens (tertiary/aromatic N) is 2. The molecule has 1 N–H and O–H groups in total. The molecule has 0 saturated heterocycles. The molecule has 2 aromatic rings. The third-order valence-corrected chi connectivity index (χ3v) is 6.45. The number of anilines is 1. The zero-order chi connectivity index (χ0) is 18.7. The van der Waals surface area contributed by atoms with E-state index in [4.69, 9.17) is 28.2 Å². The third kappa shape index (κ3) is 5.74. The van der Waals surface area contributed by atoms with E-state index in [0.717, 1.165) is 16.1 Å². The van der Waals surface area contributed by atoms with Gasteiger partial charge in [-0.3, -0.25) is 9.79 Å². The molecule has 1 aliphatic carbocycles. The van der Waals surface area contributed by atoms with Crippen LogP contribution in [0.2, 0.25) is 10.0 Å². The van der Waals surface area contributed by atoms with Crippen molar-refractivity contribution in [1.82, 2.24) is 4.57 Å². The van der Waals surface area contributed by atoms with Crippen LogP contribution < -0.4 is 10.1 Å². The van der Waals surface area contributed by atoms with Crippen LogP contribution in [0.3, 0.4) is 0 Å². The van der Waals surface area contributed by atoms with E-state index in [1.165, 1.54) is 32.1 Å². The van der Waals surface area contributed by atoms with Crippen LogP contribution in [0.5, 0.6) is 0 Å². The summed E-state index contributed by atoms with van der Waals surface area (Å²) in [5, 5.41) is 5.93. The second-order valence-electron chi connectivity index (χ2n) is 6.80. The van der Waals surface area contributed by atoms with Crippen molar-refractivity contribution < 1.29 is 4.79 Å².